The topological polar surface area (TPSA) is 35.2 Å². The Hall–Kier alpha value is -1.32. The quantitative estimate of drug-likeness (QED) is 0.887. The predicted octanol–water partition coefficient (Wildman–Crippen LogP) is 4.59. The molecule has 0 fully saturated rings. The molecule has 1 atom stereocenters. The van der Waals surface area contributed by atoms with Crippen LogP contribution < -0.4 is 10.5 Å². The smallest absolute Gasteiger partial charge is 0.124 e. The fourth-order valence-electron chi connectivity index (χ4n) is 2.21. The lowest BCUT2D eigenvalue weighted by Gasteiger charge is -2.20. The Morgan fingerprint density at radius 2 is 1.75 bits per heavy atom. The first kappa shape index (κ1) is 15.1. The maximum absolute atomic E-state index is 6.46. The van der Waals surface area contributed by atoms with Gasteiger partial charge in [-0.15, -0.1) is 0 Å². The van der Waals surface area contributed by atoms with Crippen LogP contribution in [0.4, 0.5) is 0 Å². The molecule has 0 aromatic heterocycles. The van der Waals surface area contributed by atoms with Crippen molar-refractivity contribution in [2.75, 3.05) is 0 Å². The Kier molecular flexibility index (Phi) is 4.84. The van der Waals surface area contributed by atoms with E-state index < -0.39 is 0 Å². The number of nitrogens with two attached hydrogens (primary N) is 1. The lowest BCUT2D eigenvalue weighted by molar-refractivity contribution is 0.239. The van der Waals surface area contributed by atoms with E-state index in [9.17, 15) is 0 Å². The molecule has 0 amide bonds. The Morgan fingerprint density at radius 1 is 1.05 bits per heavy atom. The highest BCUT2D eigenvalue weighted by Gasteiger charge is 2.16. The molecule has 0 radical (unpaired) electrons. The number of hydrogen-bond acceptors (Lipinski definition) is 2. The molecule has 2 aromatic rings. The van der Waals surface area contributed by atoms with Crippen LogP contribution >= 0.6 is 15.9 Å². The highest BCUT2D eigenvalue weighted by atomic mass is 79.9. The number of benzene rings is 2. The number of rotatable bonds is 4. The van der Waals surface area contributed by atoms with Crippen LogP contribution in [0.25, 0.3) is 0 Å². The van der Waals surface area contributed by atoms with Crippen molar-refractivity contribution in [2.45, 2.75) is 32.9 Å². The van der Waals surface area contributed by atoms with E-state index in [2.05, 4.69) is 35.0 Å². The van der Waals surface area contributed by atoms with E-state index in [1.54, 1.807) is 0 Å². The molecular weight excluding hydrogens is 314 g/mol. The van der Waals surface area contributed by atoms with Gasteiger partial charge in [0.25, 0.3) is 0 Å². The van der Waals surface area contributed by atoms with Crippen molar-refractivity contribution < 1.29 is 4.74 Å². The van der Waals surface area contributed by atoms with E-state index in [1.807, 2.05) is 44.2 Å². The summed E-state index contributed by atoms with van der Waals surface area (Å²) in [7, 11) is 0. The van der Waals surface area contributed by atoms with Crippen LogP contribution in [0.1, 0.15) is 36.6 Å². The van der Waals surface area contributed by atoms with Crippen LogP contribution in [0.3, 0.4) is 0 Å². The standard InChI is InChI=1S/C17H20BrNO/c1-11(2)20-16-7-5-4-6-14(16)17(19)15-10-13(18)9-8-12(15)3/h4-11,17H,19H2,1-3H3. The molecule has 2 nitrogen and oxygen atoms in total. The molecule has 2 aromatic carbocycles. The third kappa shape index (κ3) is 3.41. The fraction of sp³-hybridized carbons (Fsp3) is 0.294. The van der Waals surface area contributed by atoms with E-state index in [-0.39, 0.29) is 12.1 Å². The minimum absolute atomic E-state index is 0.131. The van der Waals surface area contributed by atoms with Crippen LogP contribution in [0.15, 0.2) is 46.9 Å². The molecule has 0 saturated carbocycles. The minimum Gasteiger partial charge on any atom is -0.491 e. The summed E-state index contributed by atoms with van der Waals surface area (Å²) in [6.45, 7) is 6.12. The van der Waals surface area contributed by atoms with Crippen LogP contribution in [0.2, 0.25) is 0 Å². The average molecular weight is 334 g/mol. The zero-order valence-electron chi connectivity index (χ0n) is 12.1. The summed E-state index contributed by atoms with van der Waals surface area (Å²) in [5.41, 5.74) is 9.77. The SMILES string of the molecule is Cc1ccc(Br)cc1C(N)c1ccccc1OC(C)C. The molecule has 0 aliphatic heterocycles. The summed E-state index contributed by atoms with van der Waals surface area (Å²) in [5, 5.41) is 0. The van der Waals surface area contributed by atoms with Gasteiger partial charge in [0, 0.05) is 10.0 Å². The van der Waals surface area contributed by atoms with Gasteiger partial charge in [0.15, 0.2) is 0 Å². The summed E-state index contributed by atoms with van der Waals surface area (Å²) in [6.07, 6.45) is 0.131. The van der Waals surface area contributed by atoms with Gasteiger partial charge in [0.05, 0.1) is 12.1 Å². The average Bonchev–Trinajstić information content (AvgIpc) is 2.41. The second-order valence-corrected chi connectivity index (χ2v) is 6.10. The molecule has 0 aliphatic rings. The molecule has 2 rings (SSSR count). The Morgan fingerprint density at radius 3 is 2.45 bits per heavy atom. The van der Waals surface area contributed by atoms with Crippen molar-refractivity contribution in [3.05, 3.63) is 63.6 Å². The molecule has 0 spiro atoms. The van der Waals surface area contributed by atoms with E-state index in [1.165, 1.54) is 5.56 Å². The second kappa shape index (κ2) is 6.42. The van der Waals surface area contributed by atoms with Crippen LogP contribution in [-0.4, -0.2) is 6.10 Å². The Bertz CT molecular complexity index is 595. The summed E-state index contributed by atoms with van der Waals surface area (Å²) >= 11 is 3.51. The summed E-state index contributed by atoms with van der Waals surface area (Å²) in [4.78, 5) is 0. The maximum atomic E-state index is 6.46. The lowest BCUT2D eigenvalue weighted by atomic mass is 9.95. The van der Waals surface area contributed by atoms with Crippen LogP contribution in [0, 0.1) is 6.92 Å². The monoisotopic (exact) mass is 333 g/mol. The van der Waals surface area contributed by atoms with E-state index in [4.69, 9.17) is 10.5 Å². The predicted molar refractivity (Wildman–Crippen MR) is 87.1 cm³/mol. The summed E-state index contributed by atoms with van der Waals surface area (Å²) < 4.78 is 6.90. The van der Waals surface area contributed by atoms with E-state index in [0.717, 1.165) is 21.3 Å². The first-order chi connectivity index (χ1) is 9.49. The normalized spacial score (nSPS) is 12.5. The Labute approximate surface area is 129 Å². The second-order valence-electron chi connectivity index (χ2n) is 5.18. The maximum Gasteiger partial charge on any atom is 0.124 e. The van der Waals surface area contributed by atoms with Crippen molar-refractivity contribution in [1.82, 2.24) is 0 Å². The largest absolute Gasteiger partial charge is 0.491 e. The number of aryl methyl sites for hydroxylation is 1. The molecule has 0 saturated heterocycles. The molecule has 0 bridgehead atoms. The molecule has 0 heterocycles. The zero-order valence-corrected chi connectivity index (χ0v) is 13.6. The first-order valence-corrected chi connectivity index (χ1v) is 7.55. The molecule has 3 heteroatoms. The number of para-hydroxylation sites is 1. The highest BCUT2D eigenvalue weighted by molar-refractivity contribution is 9.10. The van der Waals surface area contributed by atoms with Gasteiger partial charge in [-0.1, -0.05) is 40.2 Å². The Balaban J connectivity index is 2.42. The molecule has 20 heavy (non-hydrogen) atoms. The third-order valence-electron chi connectivity index (χ3n) is 3.19. The fourth-order valence-corrected chi connectivity index (χ4v) is 2.59. The van der Waals surface area contributed by atoms with Gasteiger partial charge in [-0.2, -0.15) is 0 Å². The van der Waals surface area contributed by atoms with Gasteiger partial charge in [0.2, 0.25) is 0 Å². The lowest BCUT2D eigenvalue weighted by Crippen LogP contribution is -2.16. The number of hydrogen-bond donors (Lipinski definition) is 1. The van der Waals surface area contributed by atoms with Crippen LogP contribution in [-0.2, 0) is 0 Å². The van der Waals surface area contributed by atoms with Gasteiger partial charge >= 0.3 is 0 Å². The molecule has 2 N–H and O–H groups in total. The van der Waals surface area contributed by atoms with Gasteiger partial charge in [0.1, 0.15) is 5.75 Å². The van der Waals surface area contributed by atoms with E-state index in [0.29, 0.717) is 0 Å². The molecule has 1 unspecified atom stereocenters. The third-order valence-corrected chi connectivity index (χ3v) is 3.69. The summed E-state index contributed by atoms with van der Waals surface area (Å²) in [6, 6.07) is 14.0. The minimum atomic E-state index is -0.192. The number of halogens is 1. The van der Waals surface area contributed by atoms with Gasteiger partial charge in [-0.25, -0.2) is 0 Å². The zero-order chi connectivity index (χ0) is 14.7. The first-order valence-electron chi connectivity index (χ1n) is 6.76. The van der Waals surface area contributed by atoms with Gasteiger partial charge in [-0.05, 0) is 50.1 Å². The van der Waals surface area contributed by atoms with Crippen LogP contribution in [0.5, 0.6) is 5.75 Å². The number of ether oxygens (including phenoxy) is 1. The van der Waals surface area contributed by atoms with E-state index >= 15 is 0 Å². The van der Waals surface area contributed by atoms with Crippen molar-refractivity contribution in [2.24, 2.45) is 5.73 Å². The van der Waals surface area contributed by atoms with Gasteiger partial charge in [-0.3, -0.25) is 0 Å². The van der Waals surface area contributed by atoms with Crippen molar-refractivity contribution in [3.8, 4) is 5.75 Å². The molecular formula is C17H20BrNO. The van der Waals surface area contributed by atoms with Gasteiger partial charge < -0.3 is 10.5 Å². The molecule has 106 valence electrons. The summed E-state index contributed by atoms with van der Waals surface area (Å²) in [5.74, 6) is 0.856. The highest BCUT2D eigenvalue weighted by Crippen LogP contribution is 2.31. The van der Waals surface area contributed by atoms with Crippen molar-refractivity contribution >= 4 is 15.9 Å². The van der Waals surface area contributed by atoms with Crippen molar-refractivity contribution in [3.63, 3.8) is 0 Å². The van der Waals surface area contributed by atoms with Crippen molar-refractivity contribution in [1.29, 1.82) is 0 Å². The molecule has 0 aliphatic carbocycles.